The quantitative estimate of drug-likeness (QED) is 0.568. The maximum Gasteiger partial charge on any atom is 0.410 e. The van der Waals surface area contributed by atoms with Crippen LogP contribution in [0.2, 0.25) is 0 Å². The molecule has 2 fully saturated rings. The largest absolute Gasteiger partial charge is 0.444 e. The van der Waals surface area contributed by atoms with Gasteiger partial charge in [-0.3, -0.25) is 0 Å². The van der Waals surface area contributed by atoms with E-state index in [1.165, 1.54) is 0 Å². The van der Waals surface area contributed by atoms with Gasteiger partial charge in [0.05, 0.1) is 12.7 Å². The molecule has 4 heterocycles. The van der Waals surface area contributed by atoms with Crippen LogP contribution in [0.3, 0.4) is 0 Å². The maximum atomic E-state index is 12.8. The second-order valence-electron chi connectivity index (χ2n) is 11.8. The van der Waals surface area contributed by atoms with Crippen LogP contribution in [-0.4, -0.2) is 91.5 Å². The van der Waals surface area contributed by atoms with E-state index in [4.69, 9.17) is 19.4 Å². The van der Waals surface area contributed by atoms with Crippen molar-refractivity contribution in [3.8, 4) is 0 Å². The molecule has 0 radical (unpaired) electrons. The van der Waals surface area contributed by atoms with Crippen LogP contribution in [0.4, 0.5) is 21.5 Å². The molecule has 0 saturated carbocycles. The first-order chi connectivity index (χ1) is 17.9. The van der Waals surface area contributed by atoms with Gasteiger partial charge >= 0.3 is 12.2 Å². The van der Waals surface area contributed by atoms with E-state index in [2.05, 4.69) is 43.4 Å². The van der Waals surface area contributed by atoms with E-state index in [0.717, 1.165) is 24.1 Å². The van der Waals surface area contributed by atoms with E-state index < -0.39 is 5.60 Å². The molecule has 210 valence electrons. The summed E-state index contributed by atoms with van der Waals surface area (Å²) in [6.07, 6.45) is 2.95. The van der Waals surface area contributed by atoms with Crippen molar-refractivity contribution in [3.63, 3.8) is 0 Å². The van der Waals surface area contributed by atoms with Crippen molar-refractivity contribution in [1.29, 1.82) is 0 Å². The number of ether oxygens (including phenoxy) is 2. The van der Waals surface area contributed by atoms with Gasteiger partial charge in [-0.1, -0.05) is 13.8 Å². The smallest absolute Gasteiger partial charge is 0.410 e. The van der Waals surface area contributed by atoms with Gasteiger partial charge in [0.2, 0.25) is 11.9 Å². The zero-order valence-corrected chi connectivity index (χ0v) is 23.7. The van der Waals surface area contributed by atoms with E-state index in [-0.39, 0.29) is 36.3 Å². The minimum absolute atomic E-state index is 0.130. The summed E-state index contributed by atoms with van der Waals surface area (Å²) in [7, 11) is 0. The first-order valence-electron chi connectivity index (χ1n) is 13.6. The van der Waals surface area contributed by atoms with Crippen LogP contribution in [0.25, 0.3) is 5.65 Å². The summed E-state index contributed by atoms with van der Waals surface area (Å²) in [6, 6.07) is 0.325. The Hall–Kier alpha value is -3.31. The van der Waals surface area contributed by atoms with Crippen molar-refractivity contribution in [2.75, 3.05) is 36.8 Å². The zero-order chi connectivity index (χ0) is 27.6. The van der Waals surface area contributed by atoms with Crippen molar-refractivity contribution in [3.05, 3.63) is 11.8 Å². The molecule has 0 unspecified atom stereocenters. The number of hydrogen-bond donors (Lipinski definition) is 2. The minimum Gasteiger partial charge on any atom is -0.444 e. The van der Waals surface area contributed by atoms with Gasteiger partial charge in [0.1, 0.15) is 11.7 Å². The van der Waals surface area contributed by atoms with Crippen LogP contribution in [0, 0.1) is 0 Å². The number of aromatic nitrogens is 4. The van der Waals surface area contributed by atoms with Crippen LogP contribution in [-0.2, 0) is 9.47 Å². The number of nitrogens with zero attached hydrogens (tertiary/aromatic N) is 6. The zero-order valence-electron chi connectivity index (χ0n) is 23.7. The van der Waals surface area contributed by atoms with Gasteiger partial charge in [0, 0.05) is 43.7 Å². The van der Waals surface area contributed by atoms with Gasteiger partial charge < -0.3 is 29.9 Å². The van der Waals surface area contributed by atoms with Crippen LogP contribution < -0.4 is 10.6 Å². The van der Waals surface area contributed by atoms with E-state index >= 15 is 0 Å². The Kier molecular flexibility index (Phi) is 8.17. The molecule has 0 bridgehead atoms. The Morgan fingerprint density at radius 2 is 1.68 bits per heavy atom. The third kappa shape index (κ3) is 6.76. The highest BCUT2D eigenvalue weighted by molar-refractivity contribution is 5.70. The molecule has 0 aromatic carbocycles. The lowest BCUT2D eigenvalue weighted by atomic mass is 10.1. The number of carbonyl (C=O) groups excluding carboxylic acids is 2. The molecule has 2 N–H and O–H groups in total. The number of hydrogen-bond acceptors (Lipinski definition) is 9. The normalized spacial score (nSPS) is 18.9. The predicted octanol–water partition coefficient (Wildman–Crippen LogP) is 4.09. The molecular formula is C26H42N8O4. The first-order valence-corrected chi connectivity index (χ1v) is 13.6. The fourth-order valence-corrected chi connectivity index (χ4v) is 4.64. The number of fused-ring (bicyclic) bond motifs is 1. The van der Waals surface area contributed by atoms with Crippen molar-refractivity contribution in [1.82, 2.24) is 29.4 Å². The number of likely N-dealkylation sites (tertiary alicyclic amines) is 2. The van der Waals surface area contributed by atoms with E-state index in [9.17, 15) is 9.59 Å². The van der Waals surface area contributed by atoms with Crippen LogP contribution in [0.1, 0.15) is 79.2 Å². The molecule has 0 spiro atoms. The summed E-state index contributed by atoms with van der Waals surface area (Å²) in [6.45, 7) is 15.9. The number of anilines is 2. The number of piperidine rings is 1. The predicted molar refractivity (Wildman–Crippen MR) is 145 cm³/mol. The van der Waals surface area contributed by atoms with Gasteiger partial charge in [0.25, 0.3) is 0 Å². The van der Waals surface area contributed by atoms with Gasteiger partial charge in [-0.25, -0.2) is 9.59 Å². The van der Waals surface area contributed by atoms with E-state index in [1.54, 1.807) is 14.3 Å². The molecule has 4 rings (SSSR count). The molecule has 2 saturated heterocycles. The highest BCUT2D eigenvalue weighted by Crippen LogP contribution is 2.24. The molecule has 12 nitrogen and oxygen atoms in total. The van der Waals surface area contributed by atoms with Gasteiger partial charge in [-0.2, -0.15) is 19.6 Å². The number of nitrogens with one attached hydrogen (secondary N) is 2. The SMILES string of the molecule is CC(C)Nc1nc(NC2CCN(C(=O)O[C@H]3CCN(C(=O)OC(C)(C)C)C3)CC2)n2ncc(C(C)C)c2n1. The lowest BCUT2D eigenvalue weighted by Crippen LogP contribution is -2.44. The highest BCUT2D eigenvalue weighted by Gasteiger charge is 2.33. The van der Waals surface area contributed by atoms with E-state index in [1.807, 2.05) is 27.0 Å². The average molecular weight is 531 g/mol. The Labute approximate surface area is 224 Å². The molecule has 2 aromatic heterocycles. The molecule has 1 atom stereocenters. The fourth-order valence-electron chi connectivity index (χ4n) is 4.64. The van der Waals surface area contributed by atoms with Crippen molar-refractivity contribution >= 4 is 29.7 Å². The maximum absolute atomic E-state index is 12.8. The van der Waals surface area contributed by atoms with E-state index in [0.29, 0.717) is 44.5 Å². The second kappa shape index (κ2) is 11.2. The molecule has 0 aliphatic carbocycles. The molecule has 38 heavy (non-hydrogen) atoms. The molecule has 12 heteroatoms. The standard InChI is InChI=1S/C26H42N8O4/c1-16(2)20-14-27-34-21(20)30-22(28-17(3)4)31-23(34)29-18-8-11-32(12-9-18)24(35)37-19-10-13-33(15-19)25(36)38-26(5,6)7/h14,16-19H,8-13,15H2,1-7H3,(H2,28,29,30,31)/t19-/m0/s1. The number of carbonyl (C=O) groups is 2. The summed E-state index contributed by atoms with van der Waals surface area (Å²) in [5.41, 5.74) is 1.30. The van der Waals surface area contributed by atoms with Crippen molar-refractivity contribution in [2.24, 2.45) is 0 Å². The van der Waals surface area contributed by atoms with Crippen molar-refractivity contribution in [2.45, 2.75) is 97.4 Å². The average Bonchev–Trinajstić information content (AvgIpc) is 3.45. The molecular weight excluding hydrogens is 488 g/mol. The summed E-state index contributed by atoms with van der Waals surface area (Å²) < 4.78 is 12.9. The lowest BCUT2D eigenvalue weighted by Gasteiger charge is -2.32. The summed E-state index contributed by atoms with van der Waals surface area (Å²) in [4.78, 5) is 37.9. The highest BCUT2D eigenvalue weighted by atomic mass is 16.6. The molecule has 2 amide bonds. The minimum atomic E-state index is -0.553. The Morgan fingerprint density at radius 3 is 2.32 bits per heavy atom. The monoisotopic (exact) mass is 530 g/mol. The molecule has 2 aliphatic heterocycles. The fraction of sp³-hybridized carbons (Fsp3) is 0.731. The Bertz CT molecular complexity index is 1130. The number of rotatable bonds is 6. The third-order valence-electron chi connectivity index (χ3n) is 6.59. The summed E-state index contributed by atoms with van der Waals surface area (Å²) >= 11 is 0. The Morgan fingerprint density at radius 1 is 1.00 bits per heavy atom. The third-order valence-corrected chi connectivity index (χ3v) is 6.59. The number of amides is 2. The van der Waals surface area contributed by atoms with Crippen LogP contribution >= 0.6 is 0 Å². The van der Waals surface area contributed by atoms with Crippen LogP contribution in [0.15, 0.2) is 6.20 Å². The van der Waals surface area contributed by atoms with Crippen LogP contribution in [0.5, 0.6) is 0 Å². The Balaban J connectivity index is 1.32. The summed E-state index contributed by atoms with van der Waals surface area (Å²) in [5.74, 6) is 1.49. The molecule has 2 aliphatic rings. The second-order valence-corrected chi connectivity index (χ2v) is 11.8. The van der Waals surface area contributed by atoms with Crippen molar-refractivity contribution < 1.29 is 19.1 Å². The van der Waals surface area contributed by atoms with Gasteiger partial charge in [0.15, 0.2) is 5.65 Å². The first kappa shape index (κ1) is 27.7. The topological polar surface area (TPSA) is 126 Å². The van der Waals surface area contributed by atoms with Gasteiger partial charge in [-0.15, -0.1) is 0 Å². The summed E-state index contributed by atoms with van der Waals surface area (Å²) in [5, 5.41) is 11.4. The van der Waals surface area contributed by atoms with Gasteiger partial charge in [-0.05, 0) is 53.4 Å². The lowest BCUT2D eigenvalue weighted by molar-refractivity contribution is 0.0235. The molecule has 2 aromatic rings.